The molecule has 28 heavy (non-hydrogen) atoms. The highest BCUT2D eigenvalue weighted by Crippen LogP contribution is 2.44. The van der Waals surface area contributed by atoms with E-state index in [0.29, 0.717) is 17.7 Å². The van der Waals surface area contributed by atoms with E-state index in [1.54, 1.807) is 17.7 Å². The zero-order valence-corrected chi connectivity index (χ0v) is 16.5. The van der Waals surface area contributed by atoms with Gasteiger partial charge in [0.1, 0.15) is 17.7 Å². The van der Waals surface area contributed by atoms with E-state index in [2.05, 4.69) is 15.5 Å². The van der Waals surface area contributed by atoms with Crippen molar-refractivity contribution < 1.29 is 9.18 Å². The van der Waals surface area contributed by atoms with Gasteiger partial charge in [-0.1, -0.05) is 31.4 Å². The molecule has 1 aliphatic carbocycles. The number of hydrogen-bond acceptors (Lipinski definition) is 4. The van der Waals surface area contributed by atoms with Crippen LogP contribution in [0.1, 0.15) is 62.4 Å². The molecule has 1 aromatic carbocycles. The Morgan fingerprint density at radius 3 is 2.57 bits per heavy atom. The van der Waals surface area contributed by atoms with E-state index in [1.807, 2.05) is 11.0 Å². The fraction of sp³-hybridized carbons (Fsp3) is 0.619. The van der Waals surface area contributed by atoms with Gasteiger partial charge in [-0.2, -0.15) is 0 Å². The number of carbonyl (C=O) groups is 1. The van der Waals surface area contributed by atoms with Crippen LogP contribution in [0.2, 0.25) is 0 Å². The summed E-state index contributed by atoms with van der Waals surface area (Å²) in [6.07, 6.45) is 9.13. The van der Waals surface area contributed by atoms with Gasteiger partial charge in [0.15, 0.2) is 0 Å². The Morgan fingerprint density at radius 1 is 1.18 bits per heavy atom. The van der Waals surface area contributed by atoms with Crippen LogP contribution in [0.15, 0.2) is 24.3 Å². The van der Waals surface area contributed by atoms with Gasteiger partial charge in [0, 0.05) is 19.5 Å². The lowest BCUT2D eigenvalue weighted by Gasteiger charge is -2.45. The number of amides is 1. The van der Waals surface area contributed by atoms with Crippen molar-refractivity contribution >= 4 is 5.91 Å². The number of hydrogen-bond donors (Lipinski definition) is 0. The van der Waals surface area contributed by atoms with Crippen LogP contribution in [0.4, 0.5) is 4.39 Å². The Balaban J connectivity index is 1.51. The van der Waals surface area contributed by atoms with Gasteiger partial charge in [0.05, 0.1) is 0 Å². The molecule has 0 radical (unpaired) electrons. The van der Waals surface area contributed by atoms with Crippen LogP contribution in [0.5, 0.6) is 0 Å². The van der Waals surface area contributed by atoms with Crippen LogP contribution in [0, 0.1) is 18.2 Å². The Bertz CT molecular complexity index is 820. The number of piperidine rings is 1. The van der Waals surface area contributed by atoms with Crippen LogP contribution in [-0.4, -0.2) is 44.1 Å². The van der Waals surface area contributed by atoms with Crippen LogP contribution < -0.4 is 0 Å². The summed E-state index contributed by atoms with van der Waals surface area (Å²) in [7, 11) is 0. The molecular formula is C21H28FN5O. The number of aromatic nitrogens is 4. The Labute approximate surface area is 165 Å². The van der Waals surface area contributed by atoms with Crippen LogP contribution >= 0.6 is 0 Å². The topological polar surface area (TPSA) is 63.9 Å². The maximum atomic E-state index is 13.7. The second kappa shape index (κ2) is 7.97. The second-order valence-corrected chi connectivity index (χ2v) is 8.41. The van der Waals surface area contributed by atoms with Crippen molar-refractivity contribution in [2.24, 2.45) is 5.41 Å². The van der Waals surface area contributed by atoms with Gasteiger partial charge in [0.25, 0.3) is 0 Å². The van der Waals surface area contributed by atoms with E-state index in [4.69, 9.17) is 0 Å². The number of likely N-dealkylation sites (tertiary alicyclic amines) is 1. The van der Waals surface area contributed by atoms with Gasteiger partial charge in [-0.3, -0.25) is 4.79 Å². The SMILES string of the molecule is Cc1nnnn1C(Cc1cccc(F)c1)C(=O)N1CCC2(CCCCC2)CC1. The third kappa shape index (κ3) is 3.93. The van der Waals surface area contributed by atoms with E-state index < -0.39 is 6.04 Å². The average molecular weight is 385 g/mol. The molecule has 6 nitrogen and oxygen atoms in total. The number of aryl methyl sites for hydroxylation is 1. The lowest BCUT2D eigenvalue weighted by Crippen LogP contribution is -2.47. The minimum absolute atomic E-state index is 0.0327. The van der Waals surface area contributed by atoms with E-state index in [9.17, 15) is 9.18 Å². The van der Waals surface area contributed by atoms with Crippen molar-refractivity contribution in [1.82, 2.24) is 25.1 Å². The quantitative estimate of drug-likeness (QED) is 0.808. The average Bonchev–Trinajstić information content (AvgIpc) is 3.13. The maximum absolute atomic E-state index is 13.7. The van der Waals surface area contributed by atoms with Gasteiger partial charge in [-0.05, 0) is 66.1 Å². The summed E-state index contributed by atoms with van der Waals surface area (Å²) < 4.78 is 15.2. The summed E-state index contributed by atoms with van der Waals surface area (Å²) in [4.78, 5) is 15.4. The van der Waals surface area contributed by atoms with Gasteiger partial charge in [-0.15, -0.1) is 5.10 Å². The number of rotatable bonds is 4. The molecule has 2 aliphatic rings. The first-order valence-corrected chi connectivity index (χ1v) is 10.3. The van der Waals surface area contributed by atoms with Gasteiger partial charge in [-0.25, -0.2) is 9.07 Å². The molecule has 4 rings (SSSR count). The fourth-order valence-electron chi connectivity index (χ4n) is 4.91. The highest BCUT2D eigenvalue weighted by atomic mass is 19.1. The normalized spacial score (nSPS) is 20.3. The number of benzene rings is 1. The minimum atomic E-state index is -0.544. The number of tetrazole rings is 1. The van der Waals surface area contributed by atoms with Crippen molar-refractivity contribution in [3.8, 4) is 0 Å². The van der Waals surface area contributed by atoms with Crippen LogP contribution in [0.3, 0.4) is 0 Å². The van der Waals surface area contributed by atoms with Crippen molar-refractivity contribution in [1.29, 1.82) is 0 Å². The Hall–Kier alpha value is -2.31. The zero-order valence-electron chi connectivity index (χ0n) is 16.5. The lowest BCUT2D eigenvalue weighted by molar-refractivity contribution is -0.138. The highest BCUT2D eigenvalue weighted by Gasteiger charge is 2.38. The molecule has 7 heteroatoms. The van der Waals surface area contributed by atoms with Crippen molar-refractivity contribution in [2.75, 3.05) is 13.1 Å². The minimum Gasteiger partial charge on any atom is -0.341 e. The van der Waals surface area contributed by atoms with E-state index in [1.165, 1.54) is 44.2 Å². The van der Waals surface area contributed by atoms with E-state index >= 15 is 0 Å². The molecule has 1 aliphatic heterocycles. The molecule has 1 saturated heterocycles. The molecule has 2 heterocycles. The Kier molecular flexibility index (Phi) is 5.42. The molecule has 1 unspecified atom stereocenters. The third-order valence-corrected chi connectivity index (χ3v) is 6.61. The summed E-state index contributed by atoms with van der Waals surface area (Å²) in [5.74, 6) is 0.329. The van der Waals surface area contributed by atoms with Gasteiger partial charge in [0.2, 0.25) is 5.91 Å². The molecule has 2 fully saturated rings. The monoisotopic (exact) mass is 385 g/mol. The van der Waals surface area contributed by atoms with Gasteiger partial charge >= 0.3 is 0 Å². The summed E-state index contributed by atoms with van der Waals surface area (Å²) in [5, 5.41) is 11.7. The first kappa shape index (κ1) is 19.0. The van der Waals surface area contributed by atoms with E-state index in [-0.39, 0.29) is 11.7 Å². The summed E-state index contributed by atoms with van der Waals surface area (Å²) in [6, 6.07) is 5.87. The smallest absolute Gasteiger partial charge is 0.247 e. The molecular weight excluding hydrogens is 357 g/mol. The highest BCUT2D eigenvalue weighted by molar-refractivity contribution is 5.81. The maximum Gasteiger partial charge on any atom is 0.247 e. The largest absolute Gasteiger partial charge is 0.341 e. The fourth-order valence-corrected chi connectivity index (χ4v) is 4.91. The number of halogens is 1. The molecule has 0 bridgehead atoms. The van der Waals surface area contributed by atoms with Crippen molar-refractivity contribution in [2.45, 2.75) is 64.3 Å². The lowest BCUT2D eigenvalue weighted by atomic mass is 9.68. The van der Waals surface area contributed by atoms with Gasteiger partial charge < -0.3 is 4.90 Å². The molecule has 2 aromatic rings. The number of nitrogens with zero attached hydrogens (tertiary/aromatic N) is 5. The summed E-state index contributed by atoms with van der Waals surface area (Å²) in [6.45, 7) is 3.37. The van der Waals surface area contributed by atoms with Crippen molar-refractivity contribution in [3.05, 3.63) is 41.5 Å². The third-order valence-electron chi connectivity index (χ3n) is 6.61. The van der Waals surface area contributed by atoms with E-state index in [0.717, 1.165) is 31.5 Å². The molecule has 150 valence electrons. The molecule has 1 aromatic heterocycles. The first-order valence-electron chi connectivity index (χ1n) is 10.3. The first-order chi connectivity index (χ1) is 13.6. The van der Waals surface area contributed by atoms with Crippen LogP contribution in [-0.2, 0) is 11.2 Å². The molecule has 1 atom stereocenters. The standard InChI is InChI=1S/C21H28FN5O/c1-16-23-24-25-27(16)19(15-17-6-5-7-18(22)14-17)20(28)26-12-10-21(11-13-26)8-3-2-4-9-21/h5-7,14,19H,2-4,8-13,15H2,1H3. The molecule has 1 spiro atoms. The predicted octanol–water partition coefficient (Wildman–Crippen LogP) is 3.48. The predicted molar refractivity (Wildman–Crippen MR) is 103 cm³/mol. The summed E-state index contributed by atoms with van der Waals surface area (Å²) in [5.41, 5.74) is 1.21. The number of carbonyl (C=O) groups excluding carboxylic acids is 1. The molecule has 0 N–H and O–H groups in total. The Morgan fingerprint density at radius 2 is 1.93 bits per heavy atom. The van der Waals surface area contributed by atoms with Crippen molar-refractivity contribution in [3.63, 3.8) is 0 Å². The zero-order chi connectivity index (χ0) is 19.6. The second-order valence-electron chi connectivity index (χ2n) is 8.41. The summed E-state index contributed by atoms with van der Waals surface area (Å²) >= 11 is 0. The van der Waals surface area contributed by atoms with Crippen LogP contribution in [0.25, 0.3) is 0 Å². The molecule has 1 saturated carbocycles. The molecule has 1 amide bonds.